The van der Waals surface area contributed by atoms with Crippen molar-refractivity contribution in [2.45, 2.75) is 46.5 Å². The maximum Gasteiger partial charge on any atom is 0.226 e. The second kappa shape index (κ2) is 7.34. The molecule has 4 aromatic rings. The van der Waals surface area contributed by atoms with Crippen LogP contribution in [0.5, 0.6) is 0 Å². The Hall–Kier alpha value is -2.96. The summed E-state index contributed by atoms with van der Waals surface area (Å²) in [6.07, 6.45) is 3.87. The normalized spacial score (nSPS) is 11.5. The molecule has 0 unspecified atom stereocenters. The summed E-state index contributed by atoms with van der Waals surface area (Å²) in [6, 6.07) is 8.09. The third-order valence-corrected chi connectivity index (χ3v) is 4.92. The van der Waals surface area contributed by atoms with E-state index in [1.165, 1.54) is 5.56 Å². The zero-order valence-corrected chi connectivity index (χ0v) is 16.1. The van der Waals surface area contributed by atoms with Crippen molar-refractivity contribution >= 4 is 22.5 Å². The van der Waals surface area contributed by atoms with Gasteiger partial charge in [-0.05, 0) is 44.4 Å². The molecule has 0 bridgehead atoms. The minimum atomic E-state index is 0.756. The van der Waals surface area contributed by atoms with E-state index in [0.29, 0.717) is 0 Å². The Morgan fingerprint density at radius 2 is 1.96 bits per heavy atom. The van der Waals surface area contributed by atoms with Crippen molar-refractivity contribution in [2.75, 3.05) is 11.9 Å². The molecule has 0 saturated carbocycles. The number of hydrogen-bond acceptors (Lipinski definition) is 5. The standard InChI is InChI=1S/C20H25N7/c1-4-5-12-21-20-22-17-9-7-6-8-16(17)19-23-18(26-27(19)20)11-10-15-13(2)24-25-14(15)3/h6-9H,4-5,10-12H2,1-3H3,(H,21,22)(H,24,25). The van der Waals surface area contributed by atoms with Gasteiger partial charge in [-0.3, -0.25) is 5.10 Å². The first-order chi connectivity index (χ1) is 13.2. The van der Waals surface area contributed by atoms with Crippen molar-refractivity contribution < 1.29 is 0 Å². The summed E-state index contributed by atoms with van der Waals surface area (Å²) in [7, 11) is 0. The molecule has 27 heavy (non-hydrogen) atoms. The average Bonchev–Trinajstić information content (AvgIpc) is 3.24. The zero-order valence-electron chi connectivity index (χ0n) is 16.1. The topological polar surface area (TPSA) is 83.8 Å². The highest BCUT2D eigenvalue weighted by atomic mass is 15.4. The SMILES string of the molecule is CCCCNc1nc2ccccc2c2nc(CCc3c(C)n[nH]c3C)nn12. The van der Waals surface area contributed by atoms with E-state index < -0.39 is 0 Å². The summed E-state index contributed by atoms with van der Waals surface area (Å²) in [5, 5.41) is 16.5. The minimum absolute atomic E-state index is 0.756. The summed E-state index contributed by atoms with van der Waals surface area (Å²) < 4.78 is 1.85. The molecule has 3 heterocycles. The van der Waals surface area contributed by atoms with Crippen LogP contribution >= 0.6 is 0 Å². The van der Waals surface area contributed by atoms with Crippen LogP contribution in [0.3, 0.4) is 0 Å². The number of hydrogen-bond donors (Lipinski definition) is 2. The first-order valence-corrected chi connectivity index (χ1v) is 9.56. The van der Waals surface area contributed by atoms with Crippen molar-refractivity contribution in [2.24, 2.45) is 0 Å². The van der Waals surface area contributed by atoms with Crippen LogP contribution in [0.1, 0.15) is 42.5 Å². The van der Waals surface area contributed by atoms with Crippen molar-refractivity contribution in [3.63, 3.8) is 0 Å². The third-order valence-electron chi connectivity index (χ3n) is 4.92. The molecule has 1 aromatic carbocycles. The molecular formula is C20H25N7. The number of benzene rings is 1. The minimum Gasteiger partial charge on any atom is -0.354 e. The van der Waals surface area contributed by atoms with Gasteiger partial charge in [0.2, 0.25) is 5.95 Å². The highest BCUT2D eigenvalue weighted by Crippen LogP contribution is 2.21. The number of nitrogens with one attached hydrogen (secondary N) is 2. The first kappa shape index (κ1) is 17.5. The average molecular weight is 363 g/mol. The number of aromatic nitrogens is 6. The van der Waals surface area contributed by atoms with E-state index in [-0.39, 0.29) is 0 Å². The van der Waals surface area contributed by atoms with Gasteiger partial charge >= 0.3 is 0 Å². The predicted molar refractivity (Wildman–Crippen MR) is 107 cm³/mol. The van der Waals surface area contributed by atoms with Crippen LogP contribution < -0.4 is 5.32 Å². The maximum absolute atomic E-state index is 4.83. The molecule has 140 valence electrons. The largest absolute Gasteiger partial charge is 0.354 e. The molecule has 3 aromatic heterocycles. The Bertz CT molecular complexity index is 1060. The lowest BCUT2D eigenvalue weighted by Gasteiger charge is -2.08. The van der Waals surface area contributed by atoms with Crippen molar-refractivity contribution in [1.82, 2.24) is 29.8 Å². The molecule has 7 heteroatoms. The number of unbranched alkanes of at least 4 members (excludes halogenated alkanes) is 1. The Morgan fingerprint density at radius 1 is 1.11 bits per heavy atom. The van der Waals surface area contributed by atoms with Crippen molar-refractivity contribution in [1.29, 1.82) is 0 Å². The van der Waals surface area contributed by atoms with Gasteiger partial charge in [-0.25, -0.2) is 9.97 Å². The van der Waals surface area contributed by atoms with Crippen LogP contribution in [0.2, 0.25) is 0 Å². The number of para-hydroxylation sites is 1. The number of fused-ring (bicyclic) bond motifs is 3. The number of aromatic amines is 1. The second-order valence-corrected chi connectivity index (χ2v) is 6.91. The van der Waals surface area contributed by atoms with Gasteiger partial charge in [0.15, 0.2) is 11.5 Å². The van der Waals surface area contributed by atoms with E-state index in [1.807, 2.05) is 29.6 Å². The fraction of sp³-hybridized carbons (Fsp3) is 0.400. The molecule has 0 saturated heterocycles. The Morgan fingerprint density at radius 3 is 2.74 bits per heavy atom. The summed E-state index contributed by atoms with van der Waals surface area (Å²) in [4.78, 5) is 9.59. The van der Waals surface area contributed by atoms with E-state index in [2.05, 4.69) is 35.4 Å². The van der Waals surface area contributed by atoms with Crippen LogP contribution in [0.4, 0.5) is 5.95 Å². The quantitative estimate of drug-likeness (QED) is 0.490. The smallest absolute Gasteiger partial charge is 0.226 e. The molecule has 0 aliphatic heterocycles. The van der Waals surface area contributed by atoms with Crippen LogP contribution in [-0.2, 0) is 12.8 Å². The van der Waals surface area contributed by atoms with E-state index in [4.69, 9.17) is 15.1 Å². The summed E-state index contributed by atoms with van der Waals surface area (Å²) >= 11 is 0. The summed E-state index contributed by atoms with van der Waals surface area (Å²) in [6.45, 7) is 7.14. The van der Waals surface area contributed by atoms with Crippen LogP contribution in [-0.4, -0.2) is 36.3 Å². The molecule has 0 amide bonds. The van der Waals surface area contributed by atoms with Gasteiger partial charge in [-0.15, -0.1) is 5.10 Å². The zero-order chi connectivity index (χ0) is 18.8. The van der Waals surface area contributed by atoms with Gasteiger partial charge in [0.25, 0.3) is 0 Å². The number of aryl methyl sites for hydroxylation is 3. The second-order valence-electron chi connectivity index (χ2n) is 6.91. The lowest BCUT2D eigenvalue weighted by Crippen LogP contribution is -2.09. The van der Waals surface area contributed by atoms with E-state index in [1.54, 1.807) is 0 Å². The van der Waals surface area contributed by atoms with Gasteiger partial charge in [0.05, 0.1) is 11.2 Å². The fourth-order valence-corrected chi connectivity index (χ4v) is 3.37. The van der Waals surface area contributed by atoms with Crippen LogP contribution in [0, 0.1) is 13.8 Å². The molecule has 4 rings (SSSR count). The molecule has 0 spiro atoms. The molecule has 2 N–H and O–H groups in total. The molecule has 0 fully saturated rings. The molecule has 0 radical (unpaired) electrons. The van der Waals surface area contributed by atoms with E-state index >= 15 is 0 Å². The van der Waals surface area contributed by atoms with Crippen LogP contribution in [0.25, 0.3) is 16.6 Å². The molecular weight excluding hydrogens is 338 g/mol. The molecule has 7 nitrogen and oxygen atoms in total. The third kappa shape index (κ3) is 3.37. The Kier molecular flexibility index (Phi) is 4.75. The van der Waals surface area contributed by atoms with Crippen molar-refractivity contribution in [3.8, 4) is 0 Å². The van der Waals surface area contributed by atoms with Gasteiger partial charge in [0, 0.05) is 24.0 Å². The van der Waals surface area contributed by atoms with Gasteiger partial charge in [-0.2, -0.15) is 9.61 Å². The first-order valence-electron chi connectivity index (χ1n) is 9.56. The van der Waals surface area contributed by atoms with Crippen molar-refractivity contribution in [3.05, 3.63) is 47.0 Å². The number of nitrogens with zero attached hydrogens (tertiary/aromatic N) is 5. The summed E-state index contributed by atoms with van der Waals surface area (Å²) in [5.41, 5.74) is 5.20. The maximum atomic E-state index is 4.83. The van der Waals surface area contributed by atoms with E-state index in [9.17, 15) is 0 Å². The lowest BCUT2D eigenvalue weighted by atomic mass is 10.1. The monoisotopic (exact) mass is 363 g/mol. The molecule has 0 aliphatic carbocycles. The molecule has 0 aliphatic rings. The highest BCUT2D eigenvalue weighted by Gasteiger charge is 2.14. The lowest BCUT2D eigenvalue weighted by molar-refractivity contribution is 0.800. The summed E-state index contributed by atoms with van der Waals surface area (Å²) in [5.74, 6) is 1.58. The van der Waals surface area contributed by atoms with Gasteiger partial charge < -0.3 is 5.32 Å². The van der Waals surface area contributed by atoms with Gasteiger partial charge in [-0.1, -0.05) is 25.5 Å². The fourth-order valence-electron chi connectivity index (χ4n) is 3.37. The molecule has 0 atom stereocenters. The number of H-pyrrole nitrogens is 1. The van der Waals surface area contributed by atoms with E-state index in [0.717, 1.165) is 71.9 Å². The number of anilines is 1. The number of rotatable bonds is 7. The highest BCUT2D eigenvalue weighted by molar-refractivity contribution is 5.92. The Labute approximate surface area is 158 Å². The van der Waals surface area contributed by atoms with Gasteiger partial charge in [0.1, 0.15) is 0 Å². The Balaban J connectivity index is 1.70. The van der Waals surface area contributed by atoms with Crippen LogP contribution in [0.15, 0.2) is 24.3 Å². The predicted octanol–water partition coefficient (Wildman–Crippen LogP) is 3.61.